The highest BCUT2D eigenvalue weighted by atomic mass is 32.2. The Morgan fingerprint density at radius 3 is 1.53 bits per heavy atom. The number of benzene rings is 1. The lowest BCUT2D eigenvalue weighted by atomic mass is 10.2. The Kier molecular flexibility index (Phi) is 5.98. The maximum absolute atomic E-state index is 4.56. The molecule has 30 heavy (non-hydrogen) atoms. The number of rotatable bonds is 8. The van der Waals surface area contributed by atoms with Gasteiger partial charge in [-0.05, 0) is 34.0 Å². The van der Waals surface area contributed by atoms with Gasteiger partial charge in [0.05, 0.1) is 9.75 Å². The van der Waals surface area contributed by atoms with Gasteiger partial charge in [-0.1, -0.05) is 59.9 Å². The van der Waals surface area contributed by atoms with Gasteiger partial charge >= 0.3 is 0 Å². The summed E-state index contributed by atoms with van der Waals surface area (Å²) in [6, 6.07) is 16.7. The molecule has 0 saturated heterocycles. The van der Waals surface area contributed by atoms with Gasteiger partial charge in [0.25, 0.3) is 0 Å². The third-order valence-electron chi connectivity index (χ3n) is 4.20. The molecular formula is C20H16N6S4. The van der Waals surface area contributed by atoms with Crippen molar-refractivity contribution in [2.45, 2.75) is 21.8 Å². The molecule has 4 heterocycles. The van der Waals surface area contributed by atoms with Gasteiger partial charge in [-0.3, -0.25) is 10.2 Å². The monoisotopic (exact) mass is 468 g/mol. The first-order valence-corrected chi connectivity index (χ1v) is 12.8. The summed E-state index contributed by atoms with van der Waals surface area (Å²) in [6.45, 7) is 0. The summed E-state index contributed by atoms with van der Waals surface area (Å²) >= 11 is 6.57. The van der Waals surface area contributed by atoms with E-state index < -0.39 is 0 Å². The Bertz CT molecular complexity index is 1100. The highest BCUT2D eigenvalue weighted by Gasteiger charge is 2.09. The van der Waals surface area contributed by atoms with E-state index in [0.717, 1.165) is 43.2 Å². The Morgan fingerprint density at radius 1 is 0.667 bits per heavy atom. The van der Waals surface area contributed by atoms with Gasteiger partial charge in [0, 0.05) is 11.5 Å². The molecule has 0 saturated carbocycles. The number of hydrogen-bond acceptors (Lipinski definition) is 8. The van der Waals surface area contributed by atoms with Crippen molar-refractivity contribution in [3.05, 3.63) is 70.4 Å². The zero-order chi connectivity index (χ0) is 20.2. The van der Waals surface area contributed by atoms with E-state index in [-0.39, 0.29) is 0 Å². The number of aromatic nitrogens is 6. The van der Waals surface area contributed by atoms with Crippen LogP contribution in [0.1, 0.15) is 11.1 Å². The predicted octanol–water partition coefficient (Wildman–Crippen LogP) is 5.96. The molecule has 0 spiro atoms. The number of hydrogen-bond donors (Lipinski definition) is 2. The van der Waals surface area contributed by atoms with Crippen LogP contribution in [0.2, 0.25) is 0 Å². The Hall–Kier alpha value is -2.40. The SMILES string of the molecule is c1csc(-c2nc(SCc3ccc(CSc4n[nH]c(-c5cccs5)n4)cc3)n[nH]2)c1. The lowest BCUT2D eigenvalue weighted by Gasteiger charge is -2.02. The van der Waals surface area contributed by atoms with Crippen molar-refractivity contribution in [3.8, 4) is 21.4 Å². The summed E-state index contributed by atoms with van der Waals surface area (Å²) in [5.74, 6) is 3.32. The number of aromatic amines is 2. The van der Waals surface area contributed by atoms with Crippen molar-refractivity contribution in [2.75, 3.05) is 0 Å². The lowest BCUT2D eigenvalue weighted by Crippen LogP contribution is -1.86. The topological polar surface area (TPSA) is 83.1 Å². The Balaban J connectivity index is 1.13. The van der Waals surface area contributed by atoms with Gasteiger partial charge in [-0.25, -0.2) is 9.97 Å². The molecule has 0 amide bonds. The van der Waals surface area contributed by atoms with Gasteiger partial charge in [0.1, 0.15) is 0 Å². The second-order valence-corrected chi connectivity index (χ2v) is 10.1. The zero-order valence-electron chi connectivity index (χ0n) is 15.6. The molecule has 0 aliphatic rings. The molecule has 0 fully saturated rings. The van der Waals surface area contributed by atoms with Crippen molar-refractivity contribution in [3.63, 3.8) is 0 Å². The van der Waals surface area contributed by atoms with Crippen molar-refractivity contribution in [1.82, 2.24) is 30.4 Å². The lowest BCUT2D eigenvalue weighted by molar-refractivity contribution is 0.973. The molecule has 0 bridgehead atoms. The smallest absolute Gasteiger partial charge is 0.209 e. The number of H-pyrrole nitrogens is 2. The molecule has 2 N–H and O–H groups in total. The van der Waals surface area contributed by atoms with E-state index in [2.05, 4.69) is 54.6 Å². The first-order valence-electron chi connectivity index (χ1n) is 9.09. The van der Waals surface area contributed by atoms with Crippen LogP contribution in [0.15, 0.2) is 69.6 Å². The molecule has 0 atom stereocenters. The second kappa shape index (κ2) is 9.17. The molecule has 0 aliphatic carbocycles. The quantitative estimate of drug-likeness (QED) is 0.273. The van der Waals surface area contributed by atoms with E-state index in [0.29, 0.717) is 0 Å². The number of thioether (sulfide) groups is 2. The van der Waals surface area contributed by atoms with Crippen LogP contribution in [0.3, 0.4) is 0 Å². The maximum atomic E-state index is 4.56. The van der Waals surface area contributed by atoms with Crippen LogP contribution in [0.4, 0.5) is 0 Å². The summed E-state index contributed by atoms with van der Waals surface area (Å²) in [7, 11) is 0. The largest absolute Gasteiger partial charge is 0.257 e. The van der Waals surface area contributed by atoms with E-state index in [1.807, 2.05) is 35.0 Å². The third kappa shape index (κ3) is 4.67. The van der Waals surface area contributed by atoms with Crippen molar-refractivity contribution in [2.24, 2.45) is 0 Å². The average Bonchev–Trinajstić information content (AvgIpc) is 3.57. The van der Waals surface area contributed by atoms with Crippen molar-refractivity contribution in [1.29, 1.82) is 0 Å². The van der Waals surface area contributed by atoms with Gasteiger partial charge in [0.2, 0.25) is 10.3 Å². The predicted molar refractivity (Wildman–Crippen MR) is 125 cm³/mol. The Morgan fingerprint density at radius 2 is 1.13 bits per heavy atom. The number of nitrogens with one attached hydrogen (secondary N) is 2. The highest BCUT2D eigenvalue weighted by Crippen LogP contribution is 2.27. The molecule has 0 unspecified atom stereocenters. The van der Waals surface area contributed by atoms with Gasteiger partial charge in [0.15, 0.2) is 11.6 Å². The maximum Gasteiger partial charge on any atom is 0.209 e. The van der Waals surface area contributed by atoms with Crippen molar-refractivity contribution >= 4 is 46.2 Å². The molecule has 0 aliphatic heterocycles. The van der Waals surface area contributed by atoms with Crippen LogP contribution in [-0.4, -0.2) is 30.4 Å². The van der Waals surface area contributed by atoms with Crippen LogP contribution in [0.25, 0.3) is 21.4 Å². The van der Waals surface area contributed by atoms with Gasteiger partial charge < -0.3 is 0 Å². The van der Waals surface area contributed by atoms with Crippen LogP contribution in [0, 0.1) is 0 Å². The van der Waals surface area contributed by atoms with E-state index in [1.54, 1.807) is 46.2 Å². The fourth-order valence-electron chi connectivity index (χ4n) is 2.70. The summed E-state index contributed by atoms with van der Waals surface area (Å²) in [5.41, 5.74) is 2.49. The minimum Gasteiger partial charge on any atom is -0.257 e. The molecule has 150 valence electrons. The van der Waals surface area contributed by atoms with E-state index >= 15 is 0 Å². The molecule has 5 aromatic rings. The minimum absolute atomic E-state index is 0.768. The summed E-state index contributed by atoms with van der Waals surface area (Å²) < 4.78 is 0. The summed E-state index contributed by atoms with van der Waals surface area (Å²) in [6.07, 6.45) is 0. The van der Waals surface area contributed by atoms with E-state index in [4.69, 9.17) is 0 Å². The van der Waals surface area contributed by atoms with E-state index in [1.165, 1.54) is 11.1 Å². The standard InChI is InChI=1S/C20H16N6S4/c1-3-15(27-9-1)17-21-19(25-23-17)29-11-13-5-7-14(8-6-13)12-30-20-22-18(24-26-20)16-4-2-10-28-16/h1-10H,11-12H2,(H,21,23,25)(H,22,24,26). The molecule has 5 rings (SSSR count). The van der Waals surface area contributed by atoms with Gasteiger partial charge in [-0.15, -0.1) is 32.9 Å². The molecule has 0 radical (unpaired) electrons. The molecular weight excluding hydrogens is 453 g/mol. The molecule has 6 nitrogen and oxygen atoms in total. The fraction of sp³-hybridized carbons (Fsp3) is 0.100. The molecule has 10 heteroatoms. The number of thiophene rings is 2. The van der Waals surface area contributed by atoms with Crippen LogP contribution >= 0.6 is 46.2 Å². The third-order valence-corrected chi connectivity index (χ3v) is 7.79. The normalized spacial score (nSPS) is 11.2. The second-order valence-electron chi connectivity index (χ2n) is 6.28. The number of nitrogens with zero attached hydrogens (tertiary/aromatic N) is 4. The first kappa shape index (κ1) is 19.6. The fourth-order valence-corrected chi connectivity index (χ4v) is 5.53. The van der Waals surface area contributed by atoms with E-state index in [9.17, 15) is 0 Å². The first-order chi connectivity index (χ1) is 14.8. The molecule has 1 aromatic carbocycles. The Labute approximate surface area is 189 Å². The molecule has 4 aromatic heterocycles. The summed E-state index contributed by atoms with van der Waals surface area (Å²) in [5, 5.41) is 20.2. The van der Waals surface area contributed by atoms with Crippen LogP contribution in [-0.2, 0) is 11.5 Å². The summed E-state index contributed by atoms with van der Waals surface area (Å²) in [4.78, 5) is 11.3. The zero-order valence-corrected chi connectivity index (χ0v) is 18.9. The van der Waals surface area contributed by atoms with Crippen molar-refractivity contribution < 1.29 is 0 Å². The van der Waals surface area contributed by atoms with Crippen LogP contribution in [0.5, 0.6) is 0 Å². The van der Waals surface area contributed by atoms with Gasteiger partial charge in [-0.2, -0.15) is 0 Å². The minimum atomic E-state index is 0.768. The average molecular weight is 469 g/mol. The van der Waals surface area contributed by atoms with Crippen LogP contribution < -0.4 is 0 Å². The highest BCUT2D eigenvalue weighted by molar-refractivity contribution is 7.98.